The molecule has 1 aliphatic heterocycles. The predicted molar refractivity (Wildman–Crippen MR) is 147 cm³/mol. The first kappa shape index (κ1) is 27.5. The van der Waals surface area contributed by atoms with E-state index in [1.165, 1.54) is 50.2 Å². The molecule has 1 fully saturated rings. The Labute approximate surface area is 219 Å². The monoisotopic (exact) mass is 510 g/mol. The molecule has 1 aromatic carbocycles. The summed E-state index contributed by atoms with van der Waals surface area (Å²) in [6.45, 7) is 9.07. The molecule has 3 aromatic rings. The van der Waals surface area contributed by atoms with E-state index in [-0.39, 0.29) is 18.0 Å². The summed E-state index contributed by atoms with van der Waals surface area (Å²) in [5.41, 5.74) is 1.65. The number of unbranched alkanes of at least 4 members (excludes halogenated alkanes) is 6. The van der Waals surface area contributed by atoms with E-state index in [0.29, 0.717) is 23.5 Å². The van der Waals surface area contributed by atoms with E-state index in [9.17, 15) is 4.79 Å². The Morgan fingerprint density at radius 1 is 1.00 bits per heavy atom. The third kappa shape index (κ3) is 7.26. The van der Waals surface area contributed by atoms with Crippen LogP contribution in [0.1, 0.15) is 91.9 Å². The van der Waals surface area contributed by atoms with Crippen LogP contribution in [0.3, 0.4) is 0 Å². The molecule has 1 unspecified atom stereocenters. The maximum Gasteiger partial charge on any atom is 0.336 e. The lowest BCUT2D eigenvalue weighted by atomic mass is 9.96. The Hall–Kier alpha value is -2.57. The molecule has 2 atom stereocenters. The van der Waals surface area contributed by atoms with Gasteiger partial charge in [-0.15, -0.1) is 0 Å². The number of rotatable bonds is 14. The van der Waals surface area contributed by atoms with Crippen LogP contribution in [0.2, 0.25) is 0 Å². The molecule has 0 saturated carbocycles. The summed E-state index contributed by atoms with van der Waals surface area (Å²) in [6.07, 6.45) is 15.6. The highest BCUT2D eigenvalue weighted by Gasteiger charge is 2.41. The molecular formula is C31H42O6. The van der Waals surface area contributed by atoms with Crippen molar-refractivity contribution in [3.8, 4) is 5.75 Å². The molecule has 3 heterocycles. The molecule has 37 heavy (non-hydrogen) atoms. The number of ether oxygens (including phenoxy) is 3. The molecular weight excluding hydrogens is 468 g/mol. The van der Waals surface area contributed by atoms with E-state index in [1.54, 1.807) is 18.4 Å². The van der Waals surface area contributed by atoms with E-state index in [2.05, 4.69) is 33.8 Å². The molecule has 202 valence electrons. The zero-order chi connectivity index (χ0) is 26.3. The van der Waals surface area contributed by atoms with Crippen molar-refractivity contribution in [2.75, 3.05) is 6.61 Å². The summed E-state index contributed by atoms with van der Waals surface area (Å²) < 4.78 is 29.6. The standard InChI is InChI=1S/C31H42O6/c1-5-6-7-8-9-10-11-12-29-36-27(31(3,4)37-29)15-13-22(2)17-19-34-30-23-14-16-28(32)35-26(23)21-25-24(30)18-20-33-25/h14,16-18,20-21,27,29H,5-13,15,19H2,1-4H3/b22-17+/t27-,29?/m1/s1. The summed E-state index contributed by atoms with van der Waals surface area (Å²) >= 11 is 0. The SMILES string of the molecule is CCCCCCCCCC1O[C@H](CC/C(C)=C/COc2c3ccoc3cc3oc(=O)ccc23)C(C)(C)O1. The second-order valence-electron chi connectivity index (χ2n) is 10.8. The third-order valence-electron chi connectivity index (χ3n) is 7.34. The van der Waals surface area contributed by atoms with E-state index < -0.39 is 5.63 Å². The smallest absolute Gasteiger partial charge is 0.336 e. The van der Waals surface area contributed by atoms with Gasteiger partial charge < -0.3 is 23.0 Å². The quantitative estimate of drug-likeness (QED) is 0.123. The van der Waals surface area contributed by atoms with Gasteiger partial charge in [-0.2, -0.15) is 0 Å². The Balaban J connectivity index is 1.26. The molecule has 0 bridgehead atoms. The van der Waals surface area contributed by atoms with Gasteiger partial charge in [-0.1, -0.05) is 51.0 Å². The van der Waals surface area contributed by atoms with Crippen LogP contribution < -0.4 is 10.4 Å². The summed E-state index contributed by atoms with van der Waals surface area (Å²) in [7, 11) is 0. The third-order valence-corrected chi connectivity index (χ3v) is 7.34. The van der Waals surface area contributed by atoms with E-state index in [0.717, 1.165) is 36.5 Å². The van der Waals surface area contributed by atoms with Crippen molar-refractivity contribution in [2.45, 2.75) is 110 Å². The van der Waals surface area contributed by atoms with Crippen LogP contribution in [0.5, 0.6) is 5.75 Å². The predicted octanol–water partition coefficient (Wildman–Crippen LogP) is 8.31. The van der Waals surface area contributed by atoms with Crippen LogP contribution in [0.25, 0.3) is 21.9 Å². The number of allylic oxidation sites excluding steroid dienone is 1. The minimum Gasteiger partial charge on any atom is -0.488 e. The summed E-state index contributed by atoms with van der Waals surface area (Å²) in [6, 6.07) is 6.75. The van der Waals surface area contributed by atoms with Crippen molar-refractivity contribution < 1.29 is 23.0 Å². The minimum atomic E-state index is -0.397. The summed E-state index contributed by atoms with van der Waals surface area (Å²) in [5.74, 6) is 0.663. The molecule has 0 N–H and O–H groups in total. The van der Waals surface area contributed by atoms with E-state index in [4.69, 9.17) is 23.0 Å². The lowest BCUT2D eigenvalue weighted by Gasteiger charge is -2.23. The van der Waals surface area contributed by atoms with Gasteiger partial charge in [-0.05, 0) is 64.7 Å². The fourth-order valence-corrected chi connectivity index (χ4v) is 5.09. The first-order valence-corrected chi connectivity index (χ1v) is 13.9. The highest BCUT2D eigenvalue weighted by Crippen LogP contribution is 2.36. The average Bonchev–Trinajstić information content (AvgIpc) is 3.44. The highest BCUT2D eigenvalue weighted by atomic mass is 16.7. The molecule has 6 nitrogen and oxygen atoms in total. The Bertz CT molecular complexity index is 1230. The van der Waals surface area contributed by atoms with Gasteiger partial charge in [0.25, 0.3) is 0 Å². The van der Waals surface area contributed by atoms with Crippen LogP contribution in [-0.2, 0) is 9.47 Å². The van der Waals surface area contributed by atoms with Gasteiger partial charge in [-0.25, -0.2) is 4.79 Å². The van der Waals surface area contributed by atoms with Crippen LogP contribution in [0.4, 0.5) is 0 Å². The summed E-state index contributed by atoms with van der Waals surface area (Å²) in [5, 5.41) is 1.61. The van der Waals surface area contributed by atoms with E-state index in [1.807, 2.05) is 6.07 Å². The van der Waals surface area contributed by atoms with Gasteiger partial charge in [-0.3, -0.25) is 0 Å². The molecule has 0 radical (unpaired) electrons. The zero-order valence-electron chi connectivity index (χ0n) is 22.8. The topological polar surface area (TPSA) is 71.0 Å². The maximum absolute atomic E-state index is 11.7. The molecule has 0 amide bonds. The van der Waals surface area contributed by atoms with Gasteiger partial charge in [0.1, 0.15) is 23.5 Å². The Kier molecular flexibility index (Phi) is 9.49. The normalized spacial score (nSPS) is 19.7. The van der Waals surface area contributed by atoms with Crippen molar-refractivity contribution in [3.63, 3.8) is 0 Å². The number of furan rings is 1. The van der Waals surface area contributed by atoms with Gasteiger partial charge in [0.15, 0.2) is 6.29 Å². The molecule has 6 heteroatoms. The Morgan fingerprint density at radius 3 is 2.57 bits per heavy atom. The average molecular weight is 511 g/mol. The molecule has 4 rings (SSSR count). The first-order valence-electron chi connectivity index (χ1n) is 13.9. The molecule has 0 spiro atoms. The van der Waals surface area contributed by atoms with Crippen molar-refractivity contribution >= 4 is 21.9 Å². The first-order chi connectivity index (χ1) is 17.9. The van der Waals surface area contributed by atoms with Gasteiger partial charge in [0, 0.05) is 12.1 Å². The second kappa shape index (κ2) is 12.8. The molecule has 1 saturated heterocycles. The number of benzene rings is 1. The molecule has 1 aliphatic rings. The zero-order valence-corrected chi connectivity index (χ0v) is 22.8. The number of hydrogen-bond acceptors (Lipinski definition) is 6. The largest absolute Gasteiger partial charge is 0.488 e. The Morgan fingerprint density at radius 2 is 1.76 bits per heavy atom. The minimum absolute atomic E-state index is 0.0813. The van der Waals surface area contributed by atoms with Crippen LogP contribution in [0.15, 0.2) is 55.8 Å². The maximum atomic E-state index is 11.7. The van der Waals surface area contributed by atoms with Crippen LogP contribution in [-0.4, -0.2) is 24.6 Å². The van der Waals surface area contributed by atoms with Crippen LogP contribution in [0, 0.1) is 0 Å². The van der Waals surface area contributed by atoms with Crippen molar-refractivity contribution in [1.29, 1.82) is 0 Å². The molecule has 2 aromatic heterocycles. The van der Waals surface area contributed by atoms with Crippen molar-refractivity contribution in [1.82, 2.24) is 0 Å². The summed E-state index contributed by atoms with van der Waals surface area (Å²) in [4.78, 5) is 11.7. The lowest BCUT2D eigenvalue weighted by Crippen LogP contribution is -2.32. The fraction of sp³-hybridized carbons (Fsp3) is 0.581. The lowest BCUT2D eigenvalue weighted by molar-refractivity contribution is -0.0858. The fourth-order valence-electron chi connectivity index (χ4n) is 5.09. The van der Waals surface area contributed by atoms with Gasteiger partial charge >= 0.3 is 5.63 Å². The second-order valence-corrected chi connectivity index (χ2v) is 10.8. The molecule has 0 aliphatic carbocycles. The van der Waals surface area contributed by atoms with Gasteiger partial charge in [0.05, 0.1) is 28.7 Å². The van der Waals surface area contributed by atoms with Crippen molar-refractivity contribution in [3.05, 3.63) is 52.6 Å². The highest BCUT2D eigenvalue weighted by molar-refractivity contribution is 6.01. The number of fused-ring (bicyclic) bond motifs is 2. The van der Waals surface area contributed by atoms with Crippen LogP contribution >= 0.6 is 0 Å². The van der Waals surface area contributed by atoms with E-state index >= 15 is 0 Å². The number of hydrogen-bond donors (Lipinski definition) is 0. The van der Waals surface area contributed by atoms with Crippen molar-refractivity contribution in [2.24, 2.45) is 0 Å². The van der Waals surface area contributed by atoms with Gasteiger partial charge in [0.2, 0.25) is 0 Å².